The number of aryl methyl sites for hydroxylation is 1. The maximum absolute atomic E-state index is 5.94. The van der Waals surface area contributed by atoms with Gasteiger partial charge in [-0.2, -0.15) is 11.8 Å². The second-order valence-electron chi connectivity index (χ2n) is 3.44. The summed E-state index contributed by atoms with van der Waals surface area (Å²) in [6, 6.07) is 6.30. The molecule has 0 aromatic heterocycles. The SMILES string of the molecule is CCSCCCSc1ccc(C)cc1N. The zero-order valence-electron chi connectivity index (χ0n) is 9.45. The molecule has 15 heavy (non-hydrogen) atoms. The van der Waals surface area contributed by atoms with Crippen LogP contribution in [0.25, 0.3) is 0 Å². The van der Waals surface area contributed by atoms with Crippen LogP contribution in [0.5, 0.6) is 0 Å². The Bertz CT molecular complexity index is 300. The molecule has 0 saturated heterocycles. The van der Waals surface area contributed by atoms with Gasteiger partial charge < -0.3 is 5.73 Å². The zero-order chi connectivity index (χ0) is 11.1. The average molecular weight is 241 g/mol. The molecule has 0 unspecified atom stereocenters. The lowest BCUT2D eigenvalue weighted by molar-refractivity contribution is 1.12. The molecule has 0 aliphatic heterocycles. The Hall–Kier alpha value is -0.280. The van der Waals surface area contributed by atoms with Gasteiger partial charge in [0.05, 0.1) is 0 Å². The number of rotatable bonds is 6. The lowest BCUT2D eigenvalue weighted by atomic mass is 10.2. The maximum atomic E-state index is 5.94. The van der Waals surface area contributed by atoms with Crippen LogP contribution in [0.2, 0.25) is 0 Å². The van der Waals surface area contributed by atoms with E-state index in [1.807, 2.05) is 29.6 Å². The fourth-order valence-electron chi connectivity index (χ4n) is 1.29. The van der Waals surface area contributed by atoms with Gasteiger partial charge >= 0.3 is 0 Å². The molecule has 0 atom stereocenters. The predicted molar refractivity (Wildman–Crippen MR) is 73.9 cm³/mol. The Morgan fingerprint density at radius 3 is 2.73 bits per heavy atom. The van der Waals surface area contributed by atoms with E-state index in [4.69, 9.17) is 5.73 Å². The van der Waals surface area contributed by atoms with Gasteiger partial charge in [-0.15, -0.1) is 11.8 Å². The molecular formula is C12H19NS2. The maximum Gasteiger partial charge on any atom is 0.0454 e. The molecule has 0 saturated carbocycles. The van der Waals surface area contributed by atoms with Crippen molar-refractivity contribution in [1.29, 1.82) is 0 Å². The third kappa shape index (κ3) is 4.85. The molecule has 1 aromatic carbocycles. The average Bonchev–Trinajstić information content (AvgIpc) is 2.20. The summed E-state index contributed by atoms with van der Waals surface area (Å²) < 4.78 is 0. The van der Waals surface area contributed by atoms with Crippen molar-refractivity contribution >= 4 is 29.2 Å². The topological polar surface area (TPSA) is 26.0 Å². The molecule has 0 aliphatic carbocycles. The largest absolute Gasteiger partial charge is 0.398 e. The highest BCUT2D eigenvalue weighted by atomic mass is 32.2. The van der Waals surface area contributed by atoms with Gasteiger partial charge in [0.25, 0.3) is 0 Å². The molecule has 1 rings (SSSR count). The first-order valence-electron chi connectivity index (χ1n) is 5.30. The Morgan fingerprint density at radius 2 is 2.07 bits per heavy atom. The Kier molecular flexibility index (Phi) is 6.03. The van der Waals surface area contributed by atoms with Crippen LogP contribution in [0.4, 0.5) is 5.69 Å². The van der Waals surface area contributed by atoms with Gasteiger partial charge in [-0.05, 0) is 48.3 Å². The summed E-state index contributed by atoms with van der Waals surface area (Å²) in [4.78, 5) is 1.22. The summed E-state index contributed by atoms with van der Waals surface area (Å²) in [7, 11) is 0. The molecule has 1 nitrogen and oxygen atoms in total. The van der Waals surface area contributed by atoms with E-state index in [-0.39, 0.29) is 0 Å². The summed E-state index contributed by atoms with van der Waals surface area (Å²) in [5.74, 6) is 3.65. The third-order valence-corrected chi connectivity index (χ3v) is 4.22. The Morgan fingerprint density at radius 1 is 1.27 bits per heavy atom. The van der Waals surface area contributed by atoms with Crippen molar-refractivity contribution in [1.82, 2.24) is 0 Å². The molecule has 0 heterocycles. The number of thioether (sulfide) groups is 2. The Labute approximate surface area is 101 Å². The van der Waals surface area contributed by atoms with E-state index in [9.17, 15) is 0 Å². The van der Waals surface area contributed by atoms with Crippen LogP contribution >= 0.6 is 23.5 Å². The van der Waals surface area contributed by atoms with Gasteiger partial charge in [-0.3, -0.25) is 0 Å². The van der Waals surface area contributed by atoms with Gasteiger partial charge in [-0.25, -0.2) is 0 Å². The van der Waals surface area contributed by atoms with Crippen molar-refractivity contribution in [3.05, 3.63) is 23.8 Å². The molecule has 0 fully saturated rings. The number of anilines is 1. The second kappa shape index (κ2) is 7.07. The van der Waals surface area contributed by atoms with E-state index in [1.54, 1.807) is 0 Å². The normalized spacial score (nSPS) is 10.5. The minimum absolute atomic E-state index is 0.920. The summed E-state index contributed by atoms with van der Waals surface area (Å²) >= 11 is 3.87. The minimum atomic E-state index is 0.920. The van der Waals surface area contributed by atoms with Crippen molar-refractivity contribution in [2.45, 2.75) is 25.2 Å². The lowest BCUT2D eigenvalue weighted by Crippen LogP contribution is -1.91. The van der Waals surface area contributed by atoms with E-state index in [1.165, 1.54) is 34.1 Å². The third-order valence-electron chi connectivity index (χ3n) is 2.06. The highest BCUT2D eigenvalue weighted by molar-refractivity contribution is 8.00. The number of hydrogen-bond donors (Lipinski definition) is 1. The number of benzene rings is 1. The molecule has 2 N–H and O–H groups in total. The zero-order valence-corrected chi connectivity index (χ0v) is 11.1. The highest BCUT2D eigenvalue weighted by Crippen LogP contribution is 2.26. The van der Waals surface area contributed by atoms with Crippen LogP contribution in [0.15, 0.2) is 23.1 Å². The summed E-state index contributed by atoms with van der Waals surface area (Å²) in [6.07, 6.45) is 1.26. The van der Waals surface area contributed by atoms with Crippen LogP contribution < -0.4 is 5.73 Å². The molecule has 84 valence electrons. The van der Waals surface area contributed by atoms with Crippen LogP contribution in [-0.2, 0) is 0 Å². The number of hydrogen-bond acceptors (Lipinski definition) is 3. The van der Waals surface area contributed by atoms with E-state index >= 15 is 0 Å². The van der Waals surface area contributed by atoms with E-state index in [2.05, 4.69) is 26.0 Å². The van der Waals surface area contributed by atoms with E-state index < -0.39 is 0 Å². The van der Waals surface area contributed by atoms with E-state index in [0.717, 1.165) is 5.69 Å². The van der Waals surface area contributed by atoms with Crippen LogP contribution in [-0.4, -0.2) is 17.3 Å². The van der Waals surface area contributed by atoms with Crippen molar-refractivity contribution in [3.63, 3.8) is 0 Å². The number of nitrogens with two attached hydrogens (primary N) is 1. The molecule has 0 amide bonds. The van der Waals surface area contributed by atoms with Crippen LogP contribution in [0.1, 0.15) is 18.9 Å². The van der Waals surface area contributed by atoms with Gasteiger partial charge in [0.15, 0.2) is 0 Å². The molecule has 0 aliphatic rings. The minimum Gasteiger partial charge on any atom is -0.398 e. The van der Waals surface area contributed by atoms with E-state index in [0.29, 0.717) is 0 Å². The van der Waals surface area contributed by atoms with Crippen molar-refractivity contribution in [3.8, 4) is 0 Å². The van der Waals surface area contributed by atoms with Crippen LogP contribution in [0, 0.1) is 6.92 Å². The summed E-state index contributed by atoms with van der Waals surface area (Å²) in [6.45, 7) is 4.28. The first kappa shape index (κ1) is 12.8. The van der Waals surface area contributed by atoms with Gasteiger partial charge in [0.1, 0.15) is 0 Å². The fourth-order valence-corrected chi connectivity index (χ4v) is 3.01. The van der Waals surface area contributed by atoms with Gasteiger partial charge in [0, 0.05) is 10.6 Å². The monoisotopic (exact) mass is 241 g/mol. The standard InChI is InChI=1S/C12H19NS2/c1-3-14-7-4-8-15-12-6-5-10(2)9-11(12)13/h5-6,9H,3-4,7-8,13H2,1-2H3. The molecule has 3 heteroatoms. The quantitative estimate of drug-likeness (QED) is 0.466. The summed E-state index contributed by atoms with van der Waals surface area (Å²) in [5, 5.41) is 0. The molecule has 0 bridgehead atoms. The van der Waals surface area contributed by atoms with Gasteiger partial charge in [0.2, 0.25) is 0 Å². The van der Waals surface area contributed by atoms with Crippen molar-refractivity contribution in [2.24, 2.45) is 0 Å². The molecule has 1 aromatic rings. The van der Waals surface area contributed by atoms with Crippen molar-refractivity contribution < 1.29 is 0 Å². The molecule has 0 radical (unpaired) electrons. The first-order chi connectivity index (χ1) is 7.24. The van der Waals surface area contributed by atoms with Crippen molar-refractivity contribution in [2.75, 3.05) is 23.0 Å². The molecular weight excluding hydrogens is 222 g/mol. The first-order valence-corrected chi connectivity index (χ1v) is 7.44. The fraction of sp³-hybridized carbons (Fsp3) is 0.500. The number of nitrogen functional groups attached to an aromatic ring is 1. The van der Waals surface area contributed by atoms with Gasteiger partial charge in [-0.1, -0.05) is 13.0 Å². The molecule has 0 spiro atoms. The highest BCUT2D eigenvalue weighted by Gasteiger charge is 1.99. The second-order valence-corrected chi connectivity index (χ2v) is 5.97. The van der Waals surface area contributed by atoms with Crippen LogP contribution in [0.3, 0.4) is 0 Å². The Balaban J connectivity index is 2.31. The predicted octanol–water partition coefficient (Wildman–Crippen LogP) is 3.81. The lowest BCUT2D eigenvalue weighted by Gasteiger charge is -2.05. The summed E-state index contributed by atoms with van der Waals surface area (Å²) in [5.41, 5.74) is 8.09. The smallest absolute Gasteiger partial charge is 0.0454 e.